The van der Waals surface area contributed by atoms with Crippen molar-refractivity contribution in [2.24, 2.45) is 0 Å². The summed E-state index contributed by atoms with van der Waals surface area (Å²) in [5.41, 5.74) is 0.515. The zero-order valence-corrected chi connectivity index (χ0v) is 17.4. The molecule has 1 unspecified atom stereocenters. The van der Waals surface area contributed by atoms with E-state index in [1.165, 1.54) is 26.4 Å². The van der Waals surface area contributed by atoms with Gasteiger partial charge in [0.1, 0.15) is 5.75 Å². The maximum Gasteiger partial charge on any atom is 0.239 e. The lowest BCUT2D eigenvalue weighted by atomic mass is 9.94. The molecular weight excluding hydrogens is 366 g/mol. The van der Waals surface area contributed by atoms with Crippen molar-refractivity contribution >= 4 is 29.1 Å². The Labute approximate surface area is 166 Å². The number of carbonyl (C=O) groups is 2. The Morgan fingerprint density at radius 1 is 1.26 bits per heavy atom. The molecule has 0 aliphatic heterocycles. The summed E-state index contributed by atoms with van der Waals surface area (Å²) in [7, 11) is 5.19. The van der Waals surface area contributed by atoms with Gasteiger partial charge in [0.15, 0.2) is 0 Å². The first-order valence-electron chi connectivity index (χ1n) is 9.43. The molecular formula is C20H30ClN3O3. The molecule has 6 nitrogen and oxygen atoms in total. The monoisotopic (exact) mass is 395 g/mol. The molecule has 1 saturated carbocycles. The number of amides is 2. The summed E-state index contributed by atoms with van der Waals surface area (Å²) in [6, 6.07) is 4.98. The molecule has 1 N–H and O–H groups in total. The number of carbonyl (C=O) groups excluding carboxylic acids is 2. The van der Waals surface area contributed by atoms with Crippen LogP contribution < -0.4 is 10.1 Å². The van der Waals surface area contributed by atoms with Crippen molar-refractivity contribution in [1.29, 1.82) is 0 Å². The van der Waals surface area contributed by atoms with Crippen molar-refractivity contribution in [3.05, 3.63) is 23.2 Å². The van der Waals surface area contributed by atoms with Crippen molar-refractivity contribution in [2.75, 3.05) is 33.1 Å². The van der Waals surface area contributed by atoms with E-state index in [1.54, 1.807) is 30.1 Å². The second-order valence-corrected chi connectivity index (χ2v) is 7.66. The highest BCUT2D eigenvalue weighted by molar-refractivity contribution is 6.31. The van der Waals surface area contributed by atoms with Crippen LogP contribution in [0.1, 0.15) is 39.0 Å². The largest absolute Gasteiger partial charge is 0.495 e. The van der Waals surface area contributed by atoms with Crippen molar-refractivity contribution in [3.8, 4) is 5.75 Å². The Morgan fingerprint density at radius 3 is 2.56 bits per heavy atom. The second kappa shape index (κ2) is 9.95. The Balaban J connectivity index is 1.93. The second-order valence-electron chi connectivity index (χ2n) is 7.22. The van der Waals surface area contributed by atoms with Crippen molar-refractivity contribution in [1.82, 2.24) is 9.80 Å². The lowest BCUT2D eigenvalue weighted by molar-refractivity contribution is -0.137. The van der Waals surface area contributed by atoms with Crippen LogP contribution in [0.15, 0.2) is 18.2 Å². The predicted octanol–water partition coefficient (Wildman–Crippen LogP) is 3.40. The summed E-state index contributed by atoms with van der Waals surface area (Å²) in [6.45, 7) is 1.94. The van der Waals surface area contributed by atoms with Crippen LogP contribution in [0.5, 0.6) is 5.75 Å². The number of rotatable bonds is 7. The van der Waals surface area contributed by atoms with E-state index >= 15 is 0 Å². The summed E-state index contributed by atoms with van der Waals surface area (Å²) in [6.07, 6.45) is 5.73. The maximum absolute atomic E-state index is 12.8. The summed E-state index contributed by atoms with van der Waals surface area (Å²) < 4.78 is 5.24. The number of benzene rings is 1. The fourth-order valence-corrected chi connectivity index (χ4v) is 3.63. The van der Waals surface area contributed by atoms with Gasteiger partial charge in [-0.3, -0.25) is 14.5 Å². The van der Waals surface area contributed by atoms with Gasteiger partial charge in [0.05, 0.1) is 25.4 Å². The number of nitrogens with one attached hydrogen (secondary N) is 1. The molecule has 1 aliphatic rings. The van der Waals surface area contributed by atoms with Crippen LogP contribution in [0.3, 0.4) is 0 Å². The molecule has 0 spiro atoms. The molecule has 7 heteroatoms. The average molecular weight is 396 g/mol. The number of likely N-dealkylation sites (N-methyl/N-ethyl adjacent to an activating group) is 2. The van der Waals surface area contributed by atoms with E-state index in [9.17, 15) is 9.59 Å². The molecule has 0 heterocycles. The van der Waals surface area contributed by atoms with Crippen LogP contribution in [0, 0.1) is 0 Å². The molecule has 0 radical (unpaired) electrons. The van der Waals surface area contributed by atoms with Crippen LogP contribution in [-0.4, -0.2) is 61.4 Å². The van der Waals surface area contributed by atoms with Crippen LogP contribution in [0.25, 0.3) is 0 Å². The molecule has 1 fully saturated rings. The number of hydrogen-bond donors (Lipinski definition) is 1. The first-order chi connectivity index (χ1) is 12.8. The average Bonchev–Trinajstić information content (AvgIpc) is 2.67. The van der Waals surface area contributed by atoms with Gasteiger partial charge in [0.25, 0.3) is 0 Å². The van der Waals surface area contributed by atoms with E-state index in [1.807, 2.05) is 18.9 Å². The fourth-order valence-electron chi connectivity index (χ4n) is 3.46. The van der Waals surface area contributed by atoms with Crippen LogP contribution in [-0.2, 0) is 9.59 Å². The molecule has 0 aromatic heterocycles. The Kier molecular flexibility index (Phi) is 7.92. The quantitative estimate of drug-likeness (QED) is 0.768. The molecule has 150 valence electrons. The van der Waals surface area contributed by atoms with E-state index < -0.39 is 0 Å². The first-order valence-corrected chi connectivity index (χ1v) is 9.81. The van der Waals surface area contributed by atoms with Gasteiger partial charge in [0.2, 0.25) is 11.8 Å². The molecule has 0 bridgehead atoms. The summed E-state index contributed by atoms with van der Waals surface area (Å²) >= 11 is 6.00. The Bertz CT molecular complexity index is 662. The molecule has 1 aromatic rings. The molecule has 1 aliphatic carbocycles. The molecule has 1 aromatic carbocycles. The number of methoxy groups -OCH3 is 1. The third-order valence-electron chi connectivity index (χ3n) is 5.32. The zero-order valence-electron chi connectivity index (χ0n) is 16.6. The van der Waals surface area contributed by atoms with Gasteiger partial charge in [-0.25, -0.2) is 0 Å². The smallest absolute Gasteiger partial charge is 0.239 e. The maximum atomic E-state index is 12.8. The van der Waals surface area contributed by atoms with E-state index in [0.717, 1.165) is 12.8 Å². The Morgan fingerprint density at radius 2 is 1.93 bits per heavy atom. The van der Waals surface area contributed by atoms with Gasteiger partial charge in [-0.1, -0.05) is 30.9 Å². The lowest BCUT2D eigenvalue weighted by Crippen LogP contribution is -2.49. The van der Waals surface area contributed by atoms with Gasteiger partial charge >= 0.3 is 0 Å². The van der Waals surface area contributed by atoms with Crippen LogP contribution >= 0.6 is 11.6 Å². The minimum absolute atomic E-state index is 0.0533. The van der Waals surface area contributed by atoms with Crippen LogP contribution in [0.4, 0.5) is 5.69 Å². The third kappa shape index (κ3) is 5.84. The van der Waals surface area contributed by atoms with E-state index in [0.29, 0.717) is 22.5 Å². The first kappa shape index (κ1) is 21.5. The number of nitrogens with zero attached hydrogens (tertiary/aromatic N) is 2. The van der Waals surface area contributed by atoms with E-state index in [4.69, 9.17) is 16.3 Å². The fraction of sp³-hybridized carbons (Fsp3) is 0.600. The van der Waals surface area contributed by atoms with Gasteiger partial charge in [-0.05, 0) is 45.0 Å². The topological polar surface area (TPSA) is 61.9 Å². The normalized spacial score (nSPS) is 16.1. The molecule has 2 amide bonds. The summed E-state index contributed by atoms with van der Waals surface area (Å²) in [4.78, 5) is 28.8. The van der Waals surface area contributed by atoms with Crippen molar-refractivity contribution in [3.63, 3.8) is 0 Å². The number of ether oxygens (including phenoxy) is 1. The van der Waals surface area contributed by atoms with E-state index in [-0.39, 0.29) is 24.4 Å². The number of anilines is 1. The highest BCUT2D eigenvalue weighted by Gasteiger charge is 2.28. The SMILES string of the molecule is COc1ccc(Cl)cc1NC(=O)CN(C)C(C)C(=O)N(C)C1CCCCC1. The van der Waals surface area contributed by atoms with Gasteiger partial charge in [0, 0.05) is 18.1 Å². The van der Waals surface area contributed by atoms with Gasteiger partial charge in [-0.2, -0.15) is 0 Å². The highest BCUT2D eigenvalue weighted by atomic mass is 35.5. The molecule has 2 rings (SSSR count). The van der Waals surface area contributed by atoms with Gasteiger partial charge in [-0.15, -0.1) is 0 Å². The molecule has 0 saturated heterocycles. The highest BCUT2D eigenvalue weighted by Crippen LogP contribution is 2.27. The van der Waals surface area contributed by atoms with Gasteiger partial charge < -0.3 is 15.0 Å². The standard InChI is InChI=1S/C20H30ClN3O3/c1-14(20(26)24(3)16-8-6-5-7-9-16)23(2)13-19(25)22-17-12-15(21)10-11-18(17)27-4/h10-12,14,16H,5-9,13H2,1-4H3,(H,22,25). The van der Waals surface area contributed by atoms with Crippen LogP contribution in [0.2, 0.25) is 5.02 Å². The molecule has 27 heavy (non-hydrogen) atoms. The Hall–Kier alpha value is -1.79. The summed E-state index contributed by atoms with van der Waals surface area (Å²) in [5.74, 6) is 0.368. The minimum Gasteiger partial charge on any atom is -0.495 e. The van der Waals surface area contributed by atoms with E-state index in [2.05, 4.69) is 5.32 Å². The lowest BCUT2D eigenvalue weighted by Gasteiger charge is -2.35. The minimum atomic E-state index is -0.371. The zero-order chi connectivity index (χ0) is 20.0. The summed E-state index contributed by atoms with van der Waals surface area (Å²) in [5, 5.41) is 3.32. The number of hydrogen-bond acceptors (Lipinski definition) is 4. The predicted molar refractivity (Wildman–Crippen MR) is 108 cm³/mol. The number of halogens is 1. The third-order valence-corrected chi connectivity index (χ3v) is 5.55. The van der Waals surface area contributed by atoms with Crippen molar-refractivity contribution in [2.45, 2.75) is 51.1 Å². The molecule has 1 atom stereocenters. The van der Waals surface area contributed by atoms with Crippen molar-refractivity contribution < 1.29 is 14.3 Å².